The minimum Gasteiger partial charge on any atom is -0.299 e. The molecule has 148 valence electrons. The van der Waals surface area contributed by atoms with E-state index in [1.807, 2.05) is 48.5 Å². The Morgan fingerprint density at radius 2 is 1.83 bits per heavy atom. The van der Waals surface area contributed by atoms with E-state index in [-0.39, 0.29) is 11.8 Å². The Morgan fingerprint density at radius 1 is 1.10 bits per heavy atom. The number of hydrogen-bond acceptors (Lipinski definition) is 2. The summed E-state index contributed by atoms with van der Waals surface area (Å²) in [6.45, 7) is 4.27. The van der Waals surface area contributed by atoms with Crippen molar-refractivity contribution in [3.8, 4) is 11.8 Å². The maximum atomic E-state index is 13.3. The van der Waals surface area contributed by atoms with Gasteiger partial charge in [0.15, 0.2) is 0 Å². The smallest absolute Gasteiger partial charge is 0.297 e. The van der Waals surface area contributed by atoms with Crippen LogP contribution in [0.25, 0.3) is 10.9 Å². The highest BCUT2D eigenvalue weighted by Gasteiger charge is 2.54. The monoisotopic (exact) mass is 386 g/mol. The van der Waals surface area contributed by atoms with Crippen LogP contribution < -0.4 is 0 Å². The lowest BCUT2D eigenvalue weighted by Crippen LogP contribution is -2.49. The fourth-order valence-electron chi connectivity index (χ4n) is 4.27. The molecule has 2 unspecified atom stereocenters. The average Bonchev–Trinajstić information content (AvgIpc) is 3.25. The van der Waals surface area contributed by atoms with E-state index in [0.717, 1.165) is 35.7 Å². The fraction of sp³-hybridized carbons (Fsp3) is 0.320. The summed E-state index contributed by atoms with van der Waals surface area (Å²) in [5.41, 5.74) is 1.76. The minimum atomic E-state index is -0.945. The standard InChI is InChI=1S/C25H26N2O2/c1-4-5-6-12-17-25(19(2)20-13-8-7-9-14-20)26-22-16-11-10-15-21(22)18-23(26)24(28)27(25)29-3/h7-11,13-16,18-19H,4-6H2,1-3H3. The number of rotatable bonds is 5. The number of carbonyl (C=O) groups is 1. The number of benzene rings is 2. The lowest BCUT2D eigenvalue weighted by atomic mass is 9.87. The molecule has 0 fully saturated rings. The van der Waals surface area contributed by atoms with Crippen molar-refractivity contribution >= 4 is 16.8 Å². The van der Waals surface area contributed by atoms with Gasteiger partial charge in [0.2, 0.25) is 5.66 Å². The second kappa shape index (κ2) is 7.77. The van der Waals surface area contributed by atoms with Gasteiger partial charge in [-0.15, -0.1) is 0 Å². The molecular formula is C25H26N2O2. The molecule has 29 heavy (non-hydrogen) atoms. The first-order valence-electron chi connectivity index (χ1n) is 10.2. The second-order valence-corrected chi connectivity index (χ2v) is 7.47. The molecule has 0 N–H and O–H groups in total. The van der Waals surface area contributed by atoms with Crippen LogP contribution in [0.1, 0.15) is 55.1 Å². The van der Waals surface area contributed by atoms with Crippen LogP contribution in [0.15, 0.2) is 60.7 Å². The summed E-state index contributed by atoms with van der Waals surface area (Å²) in [7, 11) is 1.55. The van der Waals surface area contributed by atoms with Crippen LogP contribution in [0.5, 0.6) is 0 Å². The summed E-state index contributed by atoms with van der Waals surface area (Å²) in [5, 5.41) is 2.50. The highest BCUT2D eigenvalue weighted by Crippen LogP contribution is 2.46. The number of para-hydroxylation sites is 1. The van der Waals surface area contributed by atoms with Crippen LogP contribution in [0.3, 0.4) is 0 Å². The van der Waals surface area contributed by atoms with E-state index in [1.54, 1.807) is 7.11 Å². The van der Waals surface area contributed by atoms with E-state index in [4.69, 9.17) is 4.84 Å². The van der Waals surface area contributed by atoms with Gasteiger partial charge < -0.3 is 0 Å². The van der Waals surface area contributed by atoms with E-state index < -0.39 is 5.66 Å². The Bertz CT molecular complexity index is 1090. The average molecular weight is 386 g/mol. The number of carbonyl (C=O) groups excluding carboxylic acids is 1. The van der Waals surface area contributed by atoms with Crippen LogP contribution >= 0.6 is 0 Å². The van der Waals surface area contributed by atoms with Crippen molar-refractivity contribution in [3.05, 3.63) is 71.9 Å². The number of hydroxylamine groups is 2. The summed E-state index contributed by atoms with van der Waals surface area (Å²) >= 11 is 0. The fourth-order valence-corrected chi connectivity index (χ4v) is 4.27. The number of amides is 1. The highest BCUT2D eigenvalue weighted by atomic mass is 16.7. The van der Waals surface area contributed by atoms with Crippen LogP contribution in [-0.4, -0.2) is 22.6 Å². The highest BCUT2D eigenvalue weighted by molar-refractivity contribution is 6.01. The molecule has 0 saturated heterocycles. The Kier molecular flexibility index (Phi) is 5.17. The molecule has 0 bridgehead atoms. The van der Waals surface area contributed by atoms with Gasteiger partial charge in [0.25, 0.3) is 5.91 Å². The van der Waals surface area contributed by atoms with E-state index in [1.165, 1.54) is 5.06 Å². The largest absolute Gasteiger partial charge is 0.299 e. The maximum Gasteiger partial charge on any atom is 0.297 e. The second-order valence-electron chi connectivity index (χ2n) is 7.47. The van der Waals surface area contributed by atoms with Crippen molar-refractivity contribution in [1.29, 1.82) is 0 Å². The van der Waals surface area contributed by atoms with Gasteiger partial charge in [-0.2, -0.15) is 5.06 Å². The third-order valence-electron chi connectivity index (χ3n) is 5.78. The Balaban J connectivity index is 2.00. The van der Waals surface area contributed by atoms with Gasteiger partial charge in [-0.3, -0.25) is 14.2 Å². The summed E-state index contributed by atoms with van der Waals surface area (Å²) in [4.78, 5) is 19.0. The Morgan fingerprint density at radius 3 is 2.55 bits per heavy atom. The molecule has 2 aromatic carbocycles. The molecule has 2 atom stereocenters. The molecule has 0 aliphatic carbocycles. The molecule has 4 nitrogen and oxygen atoms in total. The molecule has 0 spiro atoms. The normalized spacial score (nSPS) is 19.1. The molecule has 3 aromatic rings. The number of hydrogen-bond donors (Lipinski definition) is 0. The molecule has 4 rings (SSSR count). The number of aromatic nitrogens is 1. The molecule has 1 aromatic heterocycles. The SMILES string of the molecule is CCCCC#CC1(C(C)c2ccccc2)N(OC)C(=O)c2cc3ccccc3n21. The molecular weight excluding hydrogens is 360 g/mol. The zero-order valence-corrected chi connectivity index (χ0v) is 17.2. The first-order valence-corrected chi connectivity index (χ1v) is 10.2. The van der Waals surface area contributed by atoms with Gasteiger partial charge in [-0.1, -0.05) is 74.7 Å². The maximum absolute atomic E-state index is 13.3. The molecule has 0 saturated carbocycles. The molecule has 2 heterocycles. The first kappa shape index (κ1) is 19.3. The summed E-state index contributed by atoms with van der Waals surface area (Å²) in [5.74, 6) is 6.59. The van der Waals surface area contributed by atoms with Crippen molar-refractivity contribution in [3.63, 3.8) is 0 Å². The van der Waals surface area contributed by atoms with E-state index in [2.05, 4.69) is 42.4 Å². The first-order chi connectivity index (χ1) is 14.1. The predicted molar refractivity (Wildman–Crippen MR) is 115 cm³/mol. The van der Waals surface area contributed by atoms with Crippen molar-refractivity contribution in [2.24, 2.45) is 0 Å². The van der Waals surface area contributed by atoms with Gasteiger partial charge in [-0.05, 0) is 30.0 Å². The zero-order chi connectivity index (χ0) is 20.4. The summed E-state index contributed by atoms with van der Waals surface area (Å²) < 4.78 is 2.07. The predicted octanol–water partition coefficient (Wildman–Crippen LogP) is 5.31. The number of nitrogens with zero attached hydrogens (tertiary/aromatic N) is 2. The molecule has 0 radical (unpaired) electrons. The third-order valence-corrected chi connectivity index (χ3v) is 5.78. The summed E-state index contributed by atoms with van der Waals surface area (Å²) in [6, 6.07) is 20.2. The molecule has 1 aliphatic heterocycles. The van der Waals surface area contributed by atoms with Crippen molar-refractivity contribution in [1.82, 2.24) is 9.63 Å². The van der Waals surface area contributed by atoms with E-state index >= 15 is 0 Å². The topological polar surface area (TPSA) is 34.5 Å². The van der Waals surface area contributed by atoms with Gasteiger partial charge in [-0.25, -0.2) is 0 Å². The molecule has 1 amide bonds. The van der Waals surface area contributed by atoms with Crippen LogP contribution in [0.2, 0.25) is 0 Å². The lowest BCUT2D eigenvalue weighted by Gasteiger charge is -2.39. The van der Waals surface area contributed by atoms with Crippen LogP contribution in [-0.2, 0) is 10.5 Å². The Labute approximate surface area is 172 Å². The third kappa shape index (κ3) is 2.94. The van der Waals surface area contributed by atoms with Gasteiger partial charge in [0.05, 0.1) is 12.6 Å². The van der Waals surface area contributed by atoms with Crippen LogP contribution in [0, 0.1) is 11.8 Å². The zero-order valence-electron chi connectivity index (χ0n) is 17.2. The van der Waals surface area contributed by atoms with E-state index in [9.17, 15) is 4.79 Å². The quantitative estimate of drug-likeness (QED) is 0.440. The van der Waals surface area contributed by atoms with Gasteiger partial charge >= 0.3 is 0 Å². The molecule has 1 aliphatic rings. The number of fused-ring (bicyclic) bond motifs is 3. The summed E-state index contributed by atoms with van der Waals surface area (Å²) in [6.07, 6.45) is 2.91. The number of unbranched alkanes of at least 4 members (excludes halogenated alkanes) is 2. The van der Waals surface area contributed by atoms with Crippen molar-refractivity contribution < 1.29 is 9.63 Å². The molecule has 4 heteroatoms. The van der Waals surface area contributed by atoms with E-state index in [0.29, 0.717) is 5.69 Å². The Hall–Kier alpha value is -3.03. The van der Waals surface area contributed by atoms with Gasteiger partial charge in [0, 0.05) is 17.7 Å². The lowest BCUT2D eigenvalue weighted by molar-refractivity contribution is -0.164. The van der Waals surface area contributed by atoms with Gasteiger partial charge in [0.1, 0.15) is 5.69 Å². The van der Waals surface area contributed by atoms with Crippen molar-refractivity contribution in [2.45, 2.75) is 44.7 Å². The minimum absolute atomic E-state index is 0.0983. The van der Waals surface area contributed by atoms with Crippen molar-refractivity contribution in [2.75, 3.05) is 7.11 Å². The van der Waals surface area contributed by atoms with Crippen LogP contribution in [0.4, 0.5) is 0 Å².